The van der Waals surface area contributed by atoms with Crippen LogP contribution in [0.1, 0.15) is 12.5 Å². The van der Waals surface area contributed by atoms with Gasteiger partial charge in [-0.05, 0) is 40.9 Å². The molecule has 0 fully saturated rings. The summed E-state index contributed by atoms with van der Waals surface area (Å²) in [5.74, 6) is 0. The predicted octanol–water partition coefficient (Wildman–Crippen LogP) is 3.52. The van der Waals surface area contributed by atoms with Gasteiger partial charge in [-0.1, -0.05) is 30.4 Å². The number of nitrogens with zero attached hydrogens (tertiary/aromatic N) is 1. The zero-order valence-corrected chi connectivity index (χ0v) is 9.16. The quantitative estimate of drug-likeness (QED) is 0.580. The summed E-state index contributed by atoms with van der Waals surface area (Å²) >= 11 is 3.30. The van der Waals surface area contributed by atoms with E-state index in [9.17, 15) is 0 Å². The van der Waals surface area contributed by atoms with Crippen LogP contribution in [0.2, 0.25) is 0 Å². The second kappa shape index (κ2) is 5.70. The van der Waals surface area contributed by atoms with Gasteiger partial charge in [0.2, 0.25) is 0 Å². The van der Waals surface area contributed by atoms with Gasteiger partial charge >= 0.3 is 0 Å². The molecule has 0 amide bonds. The normalized spacial score (nSPS) is 11.5. The van der Waals surface area contributed by atoms with E-state index in [1.165, 1.54) is 5.56 Å². The molecule has 0 saturated heterocycles. The molecule has 0 radical (unpaired) electrons. The molecular formula is C11H12BrN. The first-order chi connectivity index (χ1) is 6.33. The summed E-state index contributed by atoms with van der Waals surface area (Å²) in [6, 6.07) is 4.02. The van der Waals surface area contributed by atoms with E-state index < -0.39 is 0 Å². The molecular weight excluding hydrogens is 226 g/mol. The van der Waals surface area contributed by atoms with Gasteiger partial charge in [0.1, 0.15) is 4.60 Å². The molecule has 1 aromatic rings. The van der Waals surface area contributed by atoms with Gasteiger partial charge in [0.05, 0.1) is 0 Å². The largest absolute Gasteiger partial charge is 0.249 e. The molecule has 0 aliphatic heterocycles. The zero-order chi connectivity index (χ0) is 9.52. The van der Waals surface area contributed by atoms with Crippen molar-refractivity contribution >= 4 is 15.9 Å². The van der Waals surface area contributed by atoms with Crippen LogP contribution in [0.25, 0.3) is 0 Å². The lowest BCUT2D eigenvalue weighted by Gasteiger charge is -1.94. The van der Waals surface area contributed by atoms with Crippen LogP contribution in [0.4, 0.5) is 0 Å². The number of pyridine rings is 1. The minimum absolute atomic E-state index is 0.883. The molecule has 0 aliphatic carbocycles. The minimum Gasteiger partial charge on any atom is -0.249 e. The molecule has 0 N–H and O–H groups in total. The van der Waals surface area contributed by atoms with Gasteiger partial charge in [-0.15, -0.1) is 0 Å². The van der Waals surface area contributed by atoms with Crippen LogP contribution < -0.4 is 0 Å². The standard InChI is InChI=1S/C11H12BrN/c1-2-3-4-5-6-10-7-8-11(12)13-9-10/h2-5,7-9H,6H2,1H3/b3-2-,5-4-. The molecule has 1 rings (SSSR count). The number of hydrogen-bond donors (Lipinski definition) is 0. The van der Waals surface area contributed by atoms with Gasteiger partial charge in [0.25, 0.3) is 0 Å². The Kier molecular flexibility index (Phi) is 4.47. The number of rotatable bonds is 3. The zero-order valence-electron chi connectivity index (χ0n) is 7.57. The van der Waals surface area contributed by atoms with Crippen LogP contribution in [-0.4, -0.2) is 4.98 Å². The highest BCUT2D eigenvalue weighted by Crippen LogP contribution is 2.06. The molecule has 0 aliphatic rings. The molecule has 2 heteroatoms. The summed E-state index contributed by atoms with van der Waals surface area (Å²) in [6.45, 7) is 2.01. The third-order valence-electron chi connectivity index (χ3n) is 1.58. The summed E-state index contributed by atoms with van der Waals surface area (Å²) < 4.78 is 0.883. The fourth-order valence-corrected chi connectivity index (χ4v) is 1.16. The van der Waals surface area contributed by atoms with Crippen LogP contribution in [-0.2, 0) is 6.42 Å². The van der Waals surface area contributed by atoms with Gasteiger partial charge in [-0.2, -0.15) is 0 Å². The Morgan fingerprint density at radius 2 is 2.23 bits per heavy atom. The highest BCUT2D eigenvalue weighted by atomic mass is 79.9. The van der Waals surface area contributed by atoms with Gasteiger partial charge in [0, 0.05) is 6.20 Å². The van der Waals surface area contributed by atoms with E-state index in [1.54, 1.807) is 0 Å². The number of halogens is 1. The highest BCUT2D eigenvalue weighted by Gasteiger charge is 1.89. The predicted molar refractivity (Wildman–Crippen MR) is 59.6 cm³/mol. The van der Waals surface area contributed by atoms with E-state index >= 15 is 0 Å². The fraction of sp³-hybridized carbons (Fsp3) is 0.182. The van der Waals surface area contributed by atoms with Crippen LogP contribution >= 0.6 is 15.9 Å². The van der Waals surface area contributed by atoms with E-state index in [0.29, 0.717) is 0 Å². The van der Waals surface area contributed by atoms with Crippen molar-refractivity contribution < 1.29 is 0 Å². The molecule has 0 aromatic carbocycles. The molecule has 1 nitrogen and oxygen atoms in total. The summed E-state index contributed by atoms with van der Waals surface area (Å²) in [7, 11) is 0. The third kappa shape index (κ3) is 4.04. The Hall–Kier alpha value is -0.890. The van der Waals surface area contributed by atoms with Crippen molar-refractivity contribution in [1.82, 2.24) is 4.98 Å². The lowest BCUT2D eigenvalue weighted by Crippen LogP contribution is -1.82. The first-order valence-electron chi connectivity index (χ1n) is 4.21. The Morgan fingerprint density at radius 3 is 2.85 bits per heavy atom. The van der Waals surface area contributed by atoms with Gasteiger partial charge < -0.3 is 0 Å². The van der Waals surface area contributed by atoms with E-state index in [4.69, 9.17) is 0 Å². The van der Waals surface area contributed by atoms with Gasteiger partial charge in [0.15, 0.2) is 0 Å². The molecule has 0 bridgehead atoms. The second-order valence-electron chi connectivity index (χ2n) is 2.65. The van der Waals surface area contributed by atoms with Crippen molar-refractivity contribution in [3.8, 4) is 0 Å². The maximum Gasteiger partial charge on any atom is 0.106 e. The molecule has 68 valence electrons. The third-order valence-corrected chi connectivity index (χ3v) is 2.05. The average molecular weight is 238 g/mol. The van der Waals surface area contributed by atoms with Crippen molar-refractivity contribution in [3.63, 3.8) is 0 Å². The van der Waals surface area contributed by atoms with E-state index in [0.717, 1.165) is 11.0 Å². The monoisotopic (exact) mass is 237 g/mol. The van der Waals surface area contributed by atoms with Crippen molar-refractivity contribution in [2.75, 3.05) is 0 Å². The topological polar surface area (TPSA) is 12.9 Å². The first kappa shape index (κ1) is 10.2. The van der Waals surface area contributed by atoms with Crippen molar-refractivity contribution in [2.45, 2.75) is 13.3 Å². The minimum atomic E-state index is 0.883. The molecule has 0 atom stereocenters. The lowest BCUT2D eigenvalue weighted by molar-refractivity contribution is 1.17. The molecule has 1 heterocycles. The Labute approximate surface area is 87.3 Å². The van der Waals surface area contributed by atoms with Crippen LogP contribution in [0.3, 0.4) is 0 Å². The maximum absolute atomic E-state index is 4.14. The van der Waals surface area contributed by atoms with Gasteiger partial charge in [-0.3, -0.25) is 0 Å². The molecule has 0 saturated carbocycles. The van der Waals surface area contributed by atoms with Gasteiger partial charge in [-0.25, -0.2) is 4.98 Å². The van der Waals surface area contributed by atoms with E-state index in [2.05, 4.69) is 33.1 Å². The van der Waals surface area contributed by atoms with Crippen molar-refractivity contribution in [3.05, 3.63) is 52.8 Å². The van der Waals surface area contributed by atoms with Crippen molar-refractivity contribution in [1.29, 1.82) is 0 Å². The summed E-state index contributed by atoms with van der Waals surface area (Å²) in [5.41, 5.74) is 1.23. The average Bonchev–Trinajstić information content (AvgIpc) is 2.15. The SMILES string of the molecule is C/C=C\C=C/Cc1ccc(Br)nc1. The lowest BCUT2D eigenvalue weighted by atomic mass is 10.2. The fourth-order valence-electron chi connectivity index (χ4n) is 0.921. The summed E-state index contributed by atoms with van der Waals surface area (Å²) in [4.78, 5) is 4.14. The van der Waals surface area contributed by atoms with Crippen LogP contribution in [0.5, 0.6) is 0 Å². The number of hydrogen-bond acceptors (Lipinski definition) is 1. The maximum atomic E-state index is 4.14. The van der Waals surface area contributed by atoms with Crippen molar-refractivity contribution in [2.24, 2.45) is 0 Å². The molecule has 13 heavy (non-hydrogen) atoms. The number of aromatic nitrogens is 1. The summed E-state index contributed by atoms with van der Waals surface area (Å²) in [5, 5.41) is 0. The smallest absolute Gasteiger partial charge is 0.106 e. The highest BCUT2D eigenvalue weighted by molar-refractivity contribution is 9.10. The van der Waals surface area contributed by atoms with Crippen LogP contribution in [0.15, 0.2) is 47.2 Å². The summed E-state index contributed by atoms with van der Waals surface area (Å²) in [6.07, 6.45) is 11.0. The van der Waals surface area contributed by atoms with E-state index in [-0.39, 0.29) is 0 Å². The van der Waals surface area contributed by atoms with E-state index in [1.807, 2.05) is 37.4 Å². The Bertz CT molecular complexity index is 298. The Balaban J connectivity index is 2.50. The molecule has 0 spiro atoms. The molecule has 0 unspecified atom stereocenters. The first-order valence-corrected chi connectivity index (χ1v) is 5.00. The molecule has 1 aromatic heterocycles. The van der Waals surface area contributed by atoms with Crippen LogP contribution in [0, 0.1) is 0 Å². The Morgan fingerprint density at radius 1 is 1.38 bits per heavy atom. The second-order valence-corrected chi connectivity index (χ2v) is 3.46. The number of allylic oxidation sites excluding steroid dienone is 4.